The Kier molecular flexibility index (Phi) is 4.11. The van der Waals surface area contributed by atoms with Gasteiger partial charge in [-0.15, -0.1) is 0 Å². The molecule has 24 heavy (non-hydrogen) atoms. The quantitative estimate of drug-likeness (QED) is 0.771. The van der Waals surface area contributed by atoms with Gasteiger partial charge in [0.2, 0.25) is 5.91 Å². The van der Waals surface area contributed by atoms with Crippen LogP contribution in [0.5, 0.6) is 0 Å². The van der Waals surface area contributed by atoms with E-state index in [-0.39, 0.29) is 5.91 Å². The largest absolute Gasteiger partial charge is 0.366 e. The number of nitrogens with one attached hydrogen (secondary N) is 1. The number of carbonyl (C=O) groups is 2. The maximum absolute atomic E-state index is 12.6. The van der Waals surface area contributed by atoms with E-state index in [0.717, 1.165) is 5.56 Å². The molecule has 6 nitrogen and oxygen atoms in total. The van der Waals surface area contributed by atoms with Crippen LogP contribution in [0.25, 0.3) is 11.3 Å². The topological polar surface area (TPSA) is 98.2 Å². The van der Waals surface area contributed by atoms with Crippen molar-refractivity contribution in [2.45, 2.75) is 6.92 Å². The normalized spacial score (nSPS) is 10.4. The highest BCUT2D eigenvalue weighted by Crippen LogP contribution is 2.26. The molecule has 0 radical (unpaired) electrons. The van der Waals surface area contributed by atoms with E-state index in [9.17, 15) is 9.59 Å². The lowest BCUT2D eigenvalue weighted by atomic mass is 10.1. The number of anilines is 1. The van der Waals surface area contributed by atoms with Crippen molar-refractivity contribution in [3.05, 3.63) is 71.5 Å². The smallest absolute Gasteiger partial charge is 0.261 e. The Morgan fingerprint density at radius 2 is 1.71 bits per heavy atom. The lowest BCUT2D eigenvalue weighted by Gasteiger charge is -2.06. The molecule has 2 amide bonds. The Morgan fingerprint density at radius 3 is 2.33 bits per heavy atom. The summed E-state index contributed by atoms with van der Waals surface area (Å²) in [5, 5.41) is 6.76. The lowest BCUT2D eigenvalue weighted by molar-refractivity contribution is 0.0998. The minimum absolute atomic E-state index is 0.334. The van der Waals surface area contributed by atoms with Gasteiger partial charge in [0, 0.05) is 16.8 Å². The number of aryl methyl sites for hydroxylation is 1. The summed E-state index contributed by atoms with van der Waals surface area (Å²) in [6.45, 7) is 1.69. The molecule has 1 heterocycles. The van der Waals surface area contributed by atoms with Gasteiger partial charge in [-0.2, -0.15) is 0 Å². The number of nitrogens with zero attached hydrogens (tertiary/aromatic N) is 1. The van der Waals surface area contributed by atoms with Gasteiger partial charge in [-0.25, -0.2) is 0 Å². The summed E-state index contributed by atoms with van der Waals surface area (Å²) in [7, 11) is 0. The van der Waals surface area contributed by atoms with Crippen LogP contribution in [-0.4, -0.2) is 17.0 Å². The molecular weight excluding hydrogens is 306 g/mol. The number of hydrogen-bond donors (Lipinski definition) is 2. The molecule has 0 saturated heterocycles. The zero-order valence-electron chi connectivity index (χ0n) is 12.9. The molecule has 3 N–H and O–H groups in total. The maximum atomic E-state index is 12.6. The van der Waals surface area contributed by atoms with Crippen molar-refractivity contribution in [1.82, 2.24) is 5.16 Å². The molecule has 0 atom stereocenters. The standard InChI is InChI=1S/C18H15N3O3/c1-11-15(16(21-24-11)12-5-3-2-4-6-12)18(23)20-14-9-7-13(8-10-14)17(19)22/h2-10H,1H3,(H2,19,22)(H,20,23). The first-order valence-electron chi connectivity index (χ1n) is 7.29. The van der Waals surface area contributed by atoms with Crippen molar-refractivity contribution in [2.24, 2.45) is 5.73 Å². The first kappa shape index (κ1) is 15.5. The third-order valence-electron chi connectivity index (χ3n) is 3.56. The first-order valence-corrected chi connectivity index (χ1v) is 7.29. The van der Waals surface area contributed by atoms with Crippen LogP contribution < -0.4 is 11.1 Å². The van der Waals surface area contributed by atoms with E-state index < -0.39 is 5.91 Å². The van der Waals surface area contributed by atoms with E-state index in [4.69, 9.17) is 10.3 Å². The SMILES string of the molecule is Cc1onc(-c2ccccc2)c1C(=O)Nc1ccc(C(N)=O)cc1. The fourth-order valence-electron chi connectivity index (χ4n) is 2.34. The molecule has 0 bridgehead atoms. The molecule has 3 rings (SSSR count). The Balaban J connectivity index is 1.88. The summed E-state index contributed by atoms with van der Waals surface area (Å²) in [5.74, 6) is -0.423. The molecule has 0 saturated carbocycles. The average molecular weight is 321 g/mol. The predicted octanol–water partition coefficient (Wildman–Crippen LogP) is 3.00. The highest BCUT2D eigenvalue weighted by Gasteiger charge is 2.21. The number of primary amides is 1. The summed E-state index contributed by atoms with van der Waals surface area (Å²) < 4.78 is 5.19. The van der Waals surface area contributed by atoms with Crippen molar-refractivity contribution < 1.29 is 14.1 Å². The van der Waals surface area contributed by atoms with Gasteiger partial charge in [0.1, 0.15) is 17.0 Å². The Hall–Kier alpha value is -3.41. The average Bonchev–Trinajstić information content (AvgIpc) is 2.98. The number of rotatable bonds is 4. The van der Waals surface area contributed by atoms with Crippen LogP contribution in [0.3, 0.4) is 0 Å². The Labute approximate surface area is 138 Å². The molecule has 0 spiro atoms. The Morgan fingerprint density at radius 1 is 1.04 bits per heavy atom. The van der Waals surface area contributed by atoms with Crippen LogP contribution in [0.15, 0.2) is 59.1 Å². The second-order valence-corrected chi connectivity index (χ2v) is 5.22. The maximum Gasteiger partial charge on any atom is 0.261 e. The summed E-state index contributed by atoms with van der Waals surface area (Å²) in [6, 6.07) is 15.7. The van der Waals surface area contributed by atoms with Gasteiger partial charge in [-0.3, -0.25) is 9.59 Å². The molecule has 0 aliphatic rings. The Bertz CT molecular complexity index is 884. The zero-order valence-corrected chi connectivity index (χ0v) is 12.9. The van der Waals surface area contributed by atoms with Gasteiger partial charge in [0.15, 0.2) is 0 Å². The second-order valence-electron chi connectivity index (χ2n) is 5.22. The van der Waals surface area contributed by atoms with E-state index >= 15 is 0 Å². The van der Waals surface area contributed by atoms with Gasteiger partial charge in [-0.1, -0.05) is 35.5 Å². The highest BCUT2D eigenvalue weighted by atomic mass is 16.5. The number of nitrogens with two attached hydrogens (primary N) is 1. The minimum Gasteiger partial charge on any atom is -0.366 e. The van der Waals surface area contributed by atoms with Crippen molar-refractivity contribution >= 4 is 17.5 Å². The number of amides is 2. The summed E-state index contributed by atoms with van der Waals surface area (Å²) in [5.41, 5.74) is 7.78. The van der Waals surface area contributed by atoms with Crippen LogP contribution in [0.1, 0.15) is 26.5 Å². The van der Waals surface area contributed by atoms with Crippen molar-refractivity contribution in [3.63, 3.8) is 0 Å². The minimum atomic E-state index is -0.519. The van der Waals surface area contributed by atoms with Crippen LogP contribution >= 0.6 is 0 Å². The van der Waals surface area contributed by atoms with Crippen molar-refractivity contribution in [2.75, 3.05) is 5.32 Å². The summed E-state index contributed by atoms with van der Waals surface area (Å²) in [6.07, 6.45) is 0. The van der Waals surface area contributed by atoms with Crippen LogP contribution in [0.4, 0.5) is 5.69 Å². The second kappa shape index (κ2) is 6.37. The third-order valence-corrected chi connectivity index (χ3v) is 3.56. The monoisotopic (exact) mass is 321 g/mol. The van der Waals surface area contributed by atoms with Crippen LogP contribution in [0, 0.1) is 6.92 Å². The van der Waals surface area contributed by atoms with Crippen LogP contribution in [0.2, 0.25) is 0 Å². The molecule has 6 heteroatoms. The van der Waals surface area contributed by atoms with E-state index in [2.05, 4.69) is 10.5 Å². The molecule has 0 aliphatic heterocycles. The van der Waals surface area contributed by atoms with E-state index in [1.54, 1.807) is 31.2 Å². The van der Waals surface area contributed by atoms with E-state index in [1.165, 1.54) is 0 Å². The molecule has 0 unspecified atom stereocenters. The predicted molar refractivity (Wildman–Crippen MR) is 89.6 cm³/mol. The summed E-state index contributed by atoms with van der Waals surface area (Å²) >= 11 is 0. The van der Waals surface area contributed by atoms with Gasteiger partial charge in [0.05, 0.1) is 0 Å². The molecule has 0 aliphatic carbocycles. The number of aromatic nitrogens is 1. The molecule has 120 valence electrons. The van der Waals surface area contributed by atoms with Gasteiger partial charge < -0.3 is 15.6 Å². The molecule has 3 aromatic rings. The fraction of sp³-hybridized carbons (Fsp3) is 0.0556. The number of hydrogen-bond acceptors (Lipinski definition) is 4. The highest BCUT2D eigenvalue weighted by molar-refractivity contribution is 6.09. The van der Waals surface area contributed by atoms with Crippen molar-refractivity contribution in [3.8, 4) is 11.3 Å². The van der Waals surface area contributed by atoms with Gasteiger partial charge in [-0.05, 0) is 31.2 Å². The third kappa shape index (κ3) is 3.03. The van der Waals surface area contributed by atoms with E-state index in [1.807, 2.05) is 30.3 Å². The molecule has 0 fully saturated rings. The number of carbonyl (C=O) groups excluding carboxylic acids is 2. The molecule has 1 aromatic heterocycles. The molecular formula is C18H15N3O3. The number of benzene rings is 2. The zero-order chi connectivity index (χ0) is 17.1. The summed E-state index contributed by atoms with van der Waals surface area (Å²) in [4.78, 5) is 23.7. The molecule has 2 aromatic carbocycles. The van der Waals surface area contributed by atoms with Gasteiger partial charge >= 0.3 is 0 Å². The fourth-order valence-corrected chi connectivity index (χ4v) is 2.34. The van der Waals surface area contributed by atoms with Crippen LogP contribution in [-0.2, 0) is 0 Å². The lowest BCUT2D eigenvalue weighted by Crippen LogP contribution is -2.14. The van der Waals surface area contributed by atoms with Gasteiger partial charge in [0.25, 0.3) is 5.91 Å². The first-order chi connectivity index (χ1) is 11.6. The van der Waals surface area contributed by atoms with Crippen molar-refractivity contribution in [1.29, 1.82) is 0 Å². The van der Waals surface area contributed by atoms with E-state index in [0.29, 0.717) is 28.3 Å².